The summed E-state index contributed by atoms with van der Waals surface area (Å²) in [6, 6.07) is 17.7. The molecule has 0 bridgehead atoms. The number of aromatic nitrogens is 2. The van der Waals surface area contributed by atoms with Gasteiger partial charge in [-0.15, -0.1) is 0 Å². The summed E-state index contributed by atoms with van der Waals surface area (Å²) in [5.41, 5.74) is 3.73. The number of urea groups is 1. The zero-order valence-electron chi connectivity index (χ0n) is 19.4. The number of anilines is 1. The van der Waals surface area contributed by atoms with Crippen LogP contribution in [-0.2, 0) is 12.8 Å². The Morgan fingerprint density at radius 2 is 1.74 bits per heavy atom. The summed E-state index contributed by atoms with van der Waals surface area (Å²) >= 11 is 0. The Kier molecular flexibility index (Phi) is 6.27. The first kappa shape index (κ1) is 23.4. The molecule has 1 aromatic heterocycles. The van der Waals surface area contributed by atoms with E-state index in [1.165, 1.54) is 4.90 Å². The SMILES string of the molecule is C[C@H]1C(c2ccccc2)[C@H](NC(=O)Nc2c3c(nn2-c2ccccc2)CCC3)CN1CC(F)(F)F. The third-order valence-electron chi connectivity index (χ3n) is 6.98. The normalized spacial score (nSPS) is 22.2. The molecule has 1 unspecified atom stereocenters. The molecule has 2 aliphatic rings. The van der Waals surface area contributed by atoms with Crippen LogP contribution in [0.1, 0.15) is 36.1 Å². The van der Waals surface area contributed by atoms with Crippen molar-refractivity contribution in [3.63, 3.8) is 0 Å². The van der Waals surface area contributed by atoms with Crippen molar-refractivity contribution in [2.24, 2.45) is 0 Å². The molecule has 1 saturated heterocycles. The Balaban J connectivity index is 1.39. The molecule has 2 N–H and O–H groups in total. The average Bonchev–Trinajstić information content (AvgIpc) is 3.49. The van der Waals surface area contributed by atoms with Crippen LogP contribution in [0.5, 0.6) is 0 Å². The van der Waals surface area contributed by atoms with Gasteiger partial charge in [-0.3, -0.25) is 10.2 Å². The maximum Gasteiger partial charge on any atom is 0.401 e. The maximum absolute atomic E-state index is 13.2. The van der Waals surface area contributed by atoms with Gasteiger partial charge in [-0.2, -0.15) is 18.3 Å². The number of alkyl halides is 3. The van der Waals surface area contributed by atoms with Gasteiger partial charge in [-0.25, -0.2) is 9.48 Å². The topological polar surface area (TPSA) is 62.2 Å². The summed E-state index contributed by atoms with van der Waals surface area (Å²) in [5.74, 6) is 0.352. The van der Waals surface area contributed by atoms with Gasteiger partial charge in [0.05, 0.1) is 24.0 Å². The number of amides is 2. The van der Waals surface area contributed by atoms with Crippen molar-refractivity contribution < 1.29 is 18.0 Å². The Bertz CT molecular complexity index is 1180. The number of aryl methyl sites for hydroxylation is 1. The van der Waals surface area contributed by atoms with Gasteiger partial charge < -0.3 is 5.32 Å². The van der Waals surface area contributed by atoms with Crippen LogP contribution in [0.15, 0.2) is 60.7 Å². The summed E-state index contributed by atoms with van der Waals surface area (Å²) < 4.78 is 41.4. The molecule has 1 fully saturated rings. The van der Waals surface area contributed by atoms with E-state index < -0.39 is 24.8 Å². The second-order valence-corrected chi connectivity index (χ2v) is 9.30. The zero-order valence-corrected chi connectivity index (χ0v) is 19.4. The van der Waals surface area contributed by atoms with Crippen molar-refractivity contribution in [3.05, 3.63) is 77.5 Å². The van der Waals surface area contributed by atoms with E-state index in [9.17, 15) is 18.0 Å². The minimum absolute atomic E-state index is 0.115. The van der Waals surface area contributed by atoms with Crippen molar-refractivity contribution in [3.8, 4) is 5.69 Å². The number of carbonyl (C=O) groups excluding carboxylic acids is 1. The number of nitrogens with one attached hydrogen (secondary N) is 2. The predicted octanol–water partition coefficient (Wildman–Crippen LogP) is 4.90. The second-order valence-electron chi connectivity index (χ2n) is 9.30. The first-order valence-electron chi connectivity index (χ1n) is 11.9. The lowest BCUT2D eigenvalue weighted by Gasteiger charge is -2.26. The molecule has 9 heteroatoms. The van der Waals surface area contributed by atoms with Gasteiger partial charge in [-0.05, 0) is 43.9 Å². The Morgan fingerprint density at radius 1 is 1.06 bits per heavy atom. The minimum Gasteiger partial charge on any atom is -0.333 e. The van der Waals surface area contributed by atoms with Crippen molar-refractivity contribution in [2.75, 3.05) is 18.4 Å². The van der Waals surface area contributed by atoms with Gasteiger partial charge in [0.2, 0.25) is 0 Å². The molecule has 35 heavy (non-hydrogen) atoms. The first-order chi connectivity index (χ1) is 16.8. The molecule has 184 valence electrons. The maximum atomic E-state index is 13.2. The number of fused-ring (bicyclic) bond motifs is 1. The molecule has 5 rings (SSSR count). The molecular weight excluding hydrogens is 455 g/mol. The highest BCUT2D eigenvalue weighted by Gasteiger charge is 2.45. The van der Waals surface area contributed by atoms with E-state index in [2.05, 4.69) is 10.6 Å². The number of carbonyl (C=O) groups is 1. The van der Waals surface area contributed by atoms with Gasteiger partial charge in [-0.1, -0.05) is 48.5 Å². The zero-order chi connectivity index (χ0) is 24.6. The number of halogens is 3. The number of rotatable bonds is 5. The monoisotopic (exact) mass is 483 g/mol. The average molecular weight is 484 g/mol. The first-order valence-corrected chi connectivity index (χ1v) is 11.9. The van der Waals surface area contributed by atoms with Crippen LogP contribution in [0.3, 0.4) is 0 Å². The molecule has 1 aliphatic heterocycles. The Labute approximate surface area is 202 Å². The van der Waals surface area contributed by atoms with Crippen LogP contribution in [-0.4, -0.2) is 52.1 Å². The largest absolute Gasteiger partial charge is 0.401 e. The number of para-hydroxylation sites is 1. The molecule has 2 aromatic carbocycles. The van der Waals surface area contributed by atoms with E-state index in [0.717, 1.165) is 41.8 Å². The summed E-state index contributed by atoms with van der Waals surface area (Å²) in [6.07, 6.45) is -1.65. The lowest BCUT2D eigenvalue weighted by Crippen LogP contribution is -2.43. The van der Waals surface area contributed by atoms with Gasteiger partial charge in [0.15, 0.2) is 0 Å². The van der Waals surface area contributed by atoms with Gasteiger partial charge >= 0.3 is 12.2 Å². The standard InChI is InChI=1S/C26H28F3N5O/c1-17-23(18-9-4-2-5-10-18)22(15-33(17)16-26(27,28)29)30-25(35)31-24-20-13-8-14-21(20)32-34(24)19-11-6-3-7-12-19/h2-7,9-12,17,22-23H,8,13-16H2,1H3,(H2,30,31,35)/t17-,22+,23?/m0/s1. The van der Waals surface area contributed by atoms with Crippen LogP contribution >= 0.6 is 0 Å². The molecule has 1 aliphatic carbocycles. The second kappa shape index (κ2) is 9.37. The lowest BCUT2D eigenvalue weighted by molar-refractivity contribution is -0.147. The van der Waals surface area contributed by atoms with Crippen LogP contribution in [0.2, 0.25) is 0 Å². The Hall–Kier alpha value is -3.33. The van der Waals surface area contributed by atoms with E-state index in [1.807, 2.05) is 60.7 Å². The van der Waals surface area contributed by atoms with Gasteiger partial charge in [0.25, 0.3) is 0 Å². The van der Waals surface area contributed by atoms with E-state index in [-0.39, 0.29) is 18.5 Å². The van der Waals surface area contributed by atoms with E-state index in [4.69, 9.17) is 5.10 Å². The Morgan fingerprint density at radius 3 is 2.43 bits per heavy atom. The van der Waals surface area contributed by atoms with Crippen molar-refractivity contribution in [2.45, 2.75) is 50.4 Å². The molecule has 2 amide bonds. The highest BCUT2D eigenvalue weighted by Crippen LogP contribution is 2.36. The summed E-state index contributed by atoms with van der Waals surface area (Å²) in [7, 11) is 0. The van der Waals surface area contributed by atoms with Crippen LogP contribution in [0.25, 0.3) is 5.69 Å². The molecule has 0 radical (unpaired) electrons. The molecule has 0 saturated carbocycles. The molecule has 0 spiro atoms. The lowest BCUT2D eigenvalue weighted by atomic mass is 9.89. The molecular formula is C26H28F3N5O. The van der Waals surface area contributed by atoms with E-state index in [1.54, 1.807) is 11.6 Å². The van der Waals surface area contributed by atoms with Crippen LogP contribution < -0.4 is 10.6 Å². The highest BCUT2D eigenvalue weighted by atomic mass is 19.4. The fourth-order valence-corrected chi connectivity index (χ4v) is 5.44. The molecule has 2 heterocycles. The molecule has 6 nitrogen and oxygen atoms in total. The van der Waals surface area contributed by atoms with Gasteiger partial charge in [0.1, 0.15) is 5.82 Å². The summed E-state index contributed by atoms with van der Waals surface area (Å²) in [5, 5.41) is 10.7. The van der Waals surface area contributed by atoms with Crippen LogP contribution in [0.4, 0.5) is 23.8 Å². The number of hydrogen-bond acceptors (Lipinski definition) is 3. The quantitative estimate of drug-likeness (QED) is 0.543. The van der Waals surface area contributed by atoms with Crippen LogP contribution in [0, 0.1) is 0 Å². The van der Waals surface area contributed by atoms with Gasteiger partial charge in [0, 0.05) is 24.1 Å². The van der Waals surface area contributed by atoms with Crippen molar-refractivity contribution in [1.29, 1.82) is 0 Å². The summed E-state index contributed by atoms with van der Waals surface area (Å²) in [4.78, 5) is 14.6. The minimum atomic E-state index is -4.31. The highest BCUT2D eigenvalue weighted by molar-refractivity contribution is 5.90. The molecule has 3 atom stereocenters. The summed E-state index contributed by atoms with van der Waals surface area (Å²) in [6.45, 7) is 0.898. The number of hydrogen-bond donors (Lipinski definition) is 2. The number of nitrogens with zero attached hydrogens (tertiary/aromatic N) is 3. The molecule has 3 aromatic rings. The predicted molar refractivity (Wildman–Crippen MR) is 128 cm³/mol. The third kappa shape index (κ3) is 4.91. The fraction of sp³-hybridized carbons (Fsp3) is 0.385. The number of likely N-dealkylation sites (tertiary alicyclic amines) is 1. The fourth-order valence-electron chi connectivity index (χ4n) is 5.44. The number of benzene rings is 2. The third-order valence-corrected chi connectivity index (χ3v) is 6.98. The van der Waals surface area contributed by atoms with E-state index in [0.29, 0.717) is 5.82 Å². The van der Waals surface area contributed by atoms with Crippen molar-refractivity contribution in [1.82, 2.24) is 20.0 Å². The smallest absolute Gasteiger partial charge is 0.333 e. The van der Waals surface area contributed by atoms with E-state index >= 15 is 0 Å². The van der Waals surface area contributed by atoms with Crippen molar-refractivity contribution >= 4 is 11.8 Å².